The molecule has 0 saturated carbocycles. The quantitative estimate of drug-likeness (QED) is 0.844. The summed E-state index contributed by atoms with van der Waals surface area (Å²) in [5.41, 5.74) is 7.73. The molecule has 4 nitrogen and oxygen atoms in total. The number of amides is 2. The summed E-state index contributed by atoms with van der Waals surface area (Å²) < 4.78 is 12.8. The maximum absolute atomic E-state index is 12.8. The van der Waals surface area contributed by atoms with E-state index in [0.717, 1.165) is 5.56 Å². The minimum atomic E-state index is -0.291. The van der Waals surface area contributed by atoms with Crippen LogP contribution in [0.1, 0.15) is 5.56 Å². The van der Waals surface area contributed by atoms with Gasteiger partial charge in [0, 0.05) is 25.0 Å². The van der Waals surface area contributed by atoms with E-state index < -0.39 is 0 Å². The molecule has 3 N–H and O–H groups in total. The molecule has 2 amide bonds. The summed E-state index contributed by atoms with van der Waals surface area (Å²) >= 11 is 0. The highest BCUT2D eigenvalue weighted by molar-refractivity contribution is 5.89. The first-order chi connectivity index (χ1) is 9.54. The molecular weight excluding hydrogens is 257 g/mol. The van der Waals surface area contributed by atoms with Gasteiger partial charge in [0.2, 0.25) is 0 Å². The van der Waals surface area contributed by atoms with E-state index >= 15 is 0 Å². The third-order valence-corrected chi connectivity index (χ3v) is 2.82. The van der Waals surface area contributed by atoms with Crippen molar-refractivity contribution in [3.63, 3.8) is 0 Å². The SMILES string of the molecule is CN(Cc1ccc(F)cc1)C(=O)Nc1cccc(N)c1. The van der Waals surface area contributed by atoms with E-state index in [-0.39, 0.29) is 11.8 Å². The molecular formula is C15H16FN3O. The van der Waals surface area contributed by atoms with Crippen molar-refractivity contribution >= 4 is 17.4 Å². The van der Waals surface area contributed by atoms with Gasteiger partial charge in [0.05, 0.1) is 0 Å². The second-order valence-electron chi connectivity index (χ2n) is 4.54. The third kappa shape index (κ3) is 3.71. The Bertz CT molecular complexity index is 598. The molecule has 0 saturated heterocycles. The molecule has 0 unspecified atom stereocenters. The molecule has 0 heterocycles. The van der Waals surface area contributed by atoms with Crippen molar-refractivity contribution in [1.82, 2.24) is 4.90 Å². The van der Waals surface area contributed by atoms with E-state index in [1.165, 1.54) is 17.0 Å². The zero-order valence-electron chi connectivity index (χ0n) is 11.1. The van der Waals surface area contributed by atoms with Crippen LogP contribution in [-0.4, -0.2) is 18.0 Å². The van der Waals surface area contributed by atoms with Crippen molar-refractivity contribution in [1.29, 1.82) is 0 Å². The summed E-state index contributed by atoms with van der Waals surface area (Å²) in [6, 6.07) is 12.8. The number of nitrogen functional groups attached to an aromatic ring is 1. The van der Waals surface area contributed by atoms with E-state index in [9.17, 15) is 9.18 Å². The number of benzene rings is 2. The van der Waals surface area contributed by atoms with Crippen LogP contribution in [0, 0.1) is 5.82 Å². The molecule has 0 radical (unpaired) electrons. The first-order valence-corrected chi connectivity index (χ1v) is 6.17. The summed E-state index contributed by atoms with van der Waals surface area (Å²) in [5, 5.41) is 2.75. The molecule has 0 spiro atoms. The number of nitrogens with one attached hydrogen (secondary N) is 1. The molecule has 5 heteroatoms. The maximum atomic E-state index is 12.8. The highest BCUT2D eigenvalue weighted by Gasteiger charge is 2.09. The summed E-state index contributed by atoms with van der Waals surface area (Å²) in [6.07, 6.45) is 0. The number of carbonyl (C=O) groups excluding carboxylic acids is 1. The van der Waals surface area contributed by atoms with Crippen LogP contribution in [0.4, 0.5) is 20.6 Å². The number of rotatable bonds is 3. The summed E-state index contributed by atoms with van der Waals surface area (Å²) in [4.78, 5) is 13.5. The monoisotopic (exact) mass is 273 g/mol. The molecule has 0 aliphatic carbocycles. The molecule has 0 aliphatic rings. The number of nitrogens with zero attached hydrogens (tertiary/aromatic N) is 1. The Kier molecular flexibility index (Phi) is 4.20. The Hall–Kier alpha value is -2.56. The average molecular weight is 273 g/mol. The van der Waals surface area contributed by atoms with E-state index in [0.29, 0.717) is 17.9 Å². The minimum absolute atomic E-state index is 0.250. The van der Waals surface area contributed by atoms with Gasteiger partial charge in [-0.15, -0.1) is 0 Å². The van der Waals surface area contributed by atoms with Crippen molar-refractivity contribution in [2.24, 2.45) is 0 Å². The molecule has 20 heavy (non-hydrogen) atoms. The highest BCUT2D eigenvalue weighted by Crippen LogP contribution is 2.13. The third-order valence-electron chi connectivity index (χ3n) is 2.82. The number of hydrogen-bond acceptors (Lipinski definition) is 2. The predicted octanol–water partition coefficient (Wildman–Crippen LogP) is 3.07. The Morgan fingerprint density at radius 3 is 2.60 bits per heavy atom. The van der Waals surface area contributed by atoms with E-state index in [2.05, 4.69) is 5.32 Å². The lowest BCUT2D eigenvalue weighted by Crippen LogP contribution is -2.30. The fourth-order valence-electron chi connectivity index (χ4n) is 1.77. The second-order valence-corrected chi connectivity index (χ2v) is 4.54. The van der Waals surface area contributed by atoms with Gasteiger partial charge in [-0.3, -0.25) is 0 Å². The Labute approximate surface area is 117 Å². The molecule has 0 aromatic heterocycles. The predicted molar refractivity (Wildman–Crippen MR) is 77.7 cm³/mol. The van der Waals surface area contributed by atoms with E-state index in [1.54, 1.807) is 43.4 Å². The largest absolute Gasteiger partial charge is 0.399 e. The molecule has 2 rings (SSSR count). The van der Waals surface area contributed by atoms with Crippen LogP contribution in [0.15, 0.2) is 48.5 Å². The lowest BCUT2D eigenvalue weighted by molar-refractivity contribution is 0.220. The fourth-order valence-corrected chi connectivity index (χ4v) is 1.77. The van der Waals surface area contributed by atoms with Gasteiger partial charge < -0.3 is 16.0 Å². The van der Waals surface area contributed by atoms with Crippen LogP contribution in [-0.2, 0) is 6.54 Å². The van der Waals surface area contributed by atoms with Crippen molar-refractivity contribution in [3.05, 3.63) is 59.9 Å². The van der Waals surface area contributed by atoms with Crippen molar-refractivity contribution < 1.29 is 9.18 Å². The maximum Gasteiger partial charge on any atom is 0.321 e. The molecule has 0 atom stereocenters. The van der Waals surface area contributed by atoms with Crippen LogP contribution in [0.25, 0.3) is 0 Å². The number of halogens is 1. The highest BCUT2D eigenvalue weighted by atomic mass is 19.1. The zero-order valence-corrected chi connectivity index (χ0v) is 11.1. The van der Waals surface area contributed by atoms with Crippen LogP contribution >= 0.6 is 0 Å². The lowest BCUT2D eigenvalue weighted by Gasteiger charge is -2.18. The fraction of sp³-hybridized carbons (Fsp3) is 0.133. The number of anilines is 2. The van der Waals surface area contributed by atoms with Gasteiger partial charge in [-0.05, 0) is 35.9 Å². The number of hydrogen-bond donors (Lipinski definition) is 2. The molecule has 0 fully saturated rings. The number of nitrogens with two attached hydrogens (primary N) is 1. The minimum Gasteiger partial charge on any atom is -0.399 e. The normalized spacial score (nSPS) is 10.1. The van der Waals surface area contributed by atoms with Gasteiger partial charge in [-0.1, -0.05) is 18.2 Å². The van der Waals surface area contributed by atoms with Gasteiger partial charge in [0.1, 0.15) is 5.82 Å². The van der Waals surface area contributed by atoms with Crippen molar-refractivity contribution in [3.8, 4) is 0 Å². The smallest absolute Gasteiger partial charge is 0.321 e. The van der Waals surface area contributed by atoms with Gasteiger partial charge in [0.25, 0.3) is 0 Å². The molecule has 2 aromatic rings. The Balaban J connectivity index is 1.96. The summed E-state index contributed by atoms with van der Waals surface area (Å²) in [6.45, 7) is 0.397. The van der Waals surface area contributed by atoms with E-state index in [4.69, 9.17) is 5.73 Å². The number of carbonyl (C=O) groups is 1. The Morgan fingerprint density at radius 1 is 1.25 bits per heavy atom. The van der Waals surface area contributed by atoms with Crippen LogP contribution in [0.5, 0.6) is 0 Å². The zero-order chi connectivity index (χ0) is 14.5. The molecule has 2 aromatic carbocycles. The van der Waals surface area contributed by atoms with Crippen molar-refractivity contribution in [2.75, 3.05) is 18.1 Å². The standard InChI is InChI=1S/C15H16FN3O/c1-19(10-11-5-7-12(16)8-6-11)15(20)18-14-4-2-3-13(17)9-14/h2-9H,10,17H2,1H3,(H,18,20). The first-order valence-electron chi connectivity index (χ1n) is 6.17. The summed E-state index contributed by atoms with van der Waals surface area (Å²) in [7, 11) is 1.67. The molecule has 104 valence electrons. The van der Waals surface area contributed by atoms with Crippen LogP contribution in [0.3, 0.4) is 0 Å². The average Bonchev–Trinajstić information content (AvgIpc) is 2.41. The van der Waals surface area contributed by atoms with E-state index in [1.807, 2.05) is 0 Å². The second kappa shape index (κ2) is 6.06. The Morgan fingerprint density at radius 2 is 1.95 bits per heavy atom. The van der Waals surface area contributed by atoms with Crippen LogP contribution in [0.2, 0.25) is 0 Å². The van der Waals surface area contributed by atoms with Crippen LogP contribution < -0.4 is 11.1 Å². The first kappa shape index (κ1) is 13.9. The topological polar surface area (TPSA) is 58.4 Å². The molecule has 0 bridgehead atoms. The van der Waals surface area contributed by atoms with Gasteiger partial charge in [0.15, 0.2) is 0 Å². The summed E-state index contributed by atoms with van der Waals surface area (Å²) in [5.74, 6) is -0.291. The lowest BCUT2D eigenvalue weighted by atomic mass is 10.2. The van der Waals surface area contributed by atoms with Gasteiger partial charge in [-0.2, -0.15) is 0 Å². The van der Waals surface area contributed by atoms with Crippen molar-refractivity contribution in [2.45, 2.75) is 6.54 Å². The molecule has 0 aliphatic heterocycles. The van der Waals surface area contributed by atoms with Gasteiger partial charge >= 0.3 is 6.03 Å². The van der Waals surface area contributed by atoms with Gasteiger partial charge in [-0.25, -0.2) is 9.18 Å². The number of urea groups is 1.